The molecule has 16 heavy (non-hydrogen) atoms. The highest BCUT2D eigenvalue weighted by molar-refractivity contribution is 6.17. The summed E-state index contributed by atoms with van der Waals surface area (Å²) in [7, 11) is 1.38. The third kappa shape index (κ3) is 7.57. The van der Waals surface area contributed by atoms with Gasteiger partial charge in [-0.3, -0.25) is 0 Å². The zero-order valence-corrected chi connectivity index (χ0v) is 10.9. The lowest BCUT2D eigenvalue weighted by atomic mass is 10.1. The van der Waals surface area contributed by atoms with Crippen molar-refractivity contribution in [2.24, 2.45) is 0 Å². The van der Waals surface area contributed by atoms with Gasteiger partial charge in [0, 0.05) is 5.88 Å². The Morgan fingerprint density at radius 1 is 1.31 bits per heavy atom. The van der Waals surface area contributed by atoms with Crippen molar-refractivity contribution >= 4 is 17.6 Å². The molecule has 0 aromatic heterocycles. The Labute approximate surface area is 103 Å². The molecule has 0 saturated carbocycles. The van der Waals surface area contributed by atoms with E-state index in [1.54, 1.807) is 0 Å². The maximum absolute atomic E-state index is 11.3. The van der Waals surface area contributed by atoms with Crippen LogP contribution in [0.4, 0.5) is 0 Å². The van der Waals surface area contributed by atoms with E-state index in [0.29, 0.717) is 24.5 Å². The Kier molecular flexibility index (Phi) is 10.3. The summed E-state index contributed by atoms with van der Waals surface area (Å²) < 4.78 is 9.98. The average Bonchev–Trinajstić information content (AvgIpc) is 2.31. The van der Waals surface area contributed by atoms with Crippen LogP contribution in [-0.4, -0.2) is 25.6 Å². The molecular weight excluding hydrogens is 228 g/mol. The van der Waals surface area contributed by atoms with Crippen LogP contribution in [0.25, 0.3) is 0 Å². The van der Waals surface area contributed by atoms with Gasteiger partial charge in [-0.25, -0.2) is 4.79 Å². The maximum Gasteiger partial charge on any atom is 0.336 e. The quantitative estimate of drug-likeness (QED) is 0.207. The zero-order valence-electron chi connectivity index (χ0n) is 10.1. The van der Waals surface area contributed by atoms with Crippen molar-refractivity contribution in [2.45, 2.75) is 39.0 Å². The SMILES string of the molecule is CCCC/C(=C\OCCCCCl)C(=O)OC. The molecule has 0 aromatic rings. The van der Waals surface area contributed by atoms with Crippen molar-refractivity contribution in [2.75, 3.05) is 19.6 Å². The molecule has 0 aliphatic carbocycles. The first-order valence-corrected chi connectivity index (χ1v) is 6.24. The number of hydrogen-bond acceptors (Lipinski definition) is 3. The maximum atomic E-state index is 11.3. The van der Waals surface area contributed by atoms with Crippen LogP contribution < -0.4 is 0 Å². The minimum Gasteiger partial charge on any atom is -0.501 e. The van der Waals surface area contributed by atoms with Gasteiger partial charge in [0.25, 0.3) is 0 Å². The van der Waals surface area contributed by atoms with E-state index in [2.05, 4.69) is 11.7 Å². The number of ether oxygens (including phenoxy) is 2. The lowest BCUT2D eigenvalue weighted by Crippen LogP contribution is -2.06. The van der Waals surface area contributed by atoms with Gasteiger partial charge >= 0.3 is 5.97 Å². The summed E-state index contributed by atoms with van der Waals surface area (Å²) in [5.74, 6) is 0.345. The molecule has 0 aliphatic heterocycles. The minimum absolute atomic E-state index is 0.300. The Bertz CT molecular complexity index is 214. The second-order valence-electron chi connectivity index (χ2n) is 3.51. The highest BCUT2D eigenvalue weighted by Crippen LogP contribution is 2.09. The Balaban J connectivity index is 3.96. The first-order valence-electron chi connectivity index (χ1n) is 5.71. The van der Waals surface area contributed by atoms with Gasteiger partial charge < -0.3 is 9.47 Å². The van der Waals surface area contributed by atoms with Crippen molar-refractivity contribution < 1.29 is 14.3 Å². The summed E-state index contributed by atoms with van der Waals surface area (Å²) in [5, 5.41) is 0. The van der Waals surface area contributed by atoms with E-state index < -0.39 is 0 Å². The third-order valence-corrected chi connectivity index (χ3v) is 2.39. The number of alkyl halides is 1. The monoisotopic (exact) mass is 248 g/mol. The van der Waals surface area contributed by atoms with Crippen molar-refractivity contribution in [3.8, 4) is 0 Å². The number of carbonyl (C=O) groups is 1. The normalized spacial score (nSPS) is 11.3. The highest BCUT2D eigenvalue weighted by atomic mass is 35.5. The molecule has 4 heteroatoms. The number of methoxy groups -OCH3 is 1. The van der Waals surface area contributed by atoms with E-state index in [-0.39, 0.29) is 5.97 Å². The van der Waals surface area contributed by atoms with Gasteiger partial charge in [-0.1, -0.05) is 13.3 Å². The standard InChI is InChI=1S/C12H21ClO3/c1-3-4-7-11(12(14)15-2)10-16-9-6-5-8-13/h10H,3-9H2,1-2H3/b11-10+. The van der Waals surface area contributed by atoms with Crippen LogP contribution in [0.5, 0.6) is 0 Å². The van der Waals surface area contributed by atoms with Crippen LogP contribution in [0.2, 0.25) is 0 Å². The number of carbonyl (C=O) groups excluding carboxylic acids is 1. The number of halogens is 1. The van der Waals surface area contributed by atoms with Crippen molar-refractivity contribution in [3.05, 3.63) is 11.8 Å². The zero-order chi connectivity index (χ0) is 12.2. The van der Waals surface area contributed by atoms with Gasteiger partial charge in [0.1, 0.15) is 0 Å². The summed E-state index contributed by atoms with van der Waals surface area (Å²) in [6.45, 7) is 2.68. The van der Waals surface area contributed by atoms with Crippen LogP contribution >= 0.6 is 11.6 Å². The summed E-state index contributed by atoms with van der Waals surface area (Å²) in [4.78, 5) is 11.3. The van der Waals surface area contributed by atoms with Gasteiger partial charge in [0.15, 0.2) is 0 Å². The van der Waals surface area contributed by atoms with Gasteiger partial charge in [0.05, 0.1) is 25.6 Å². The van der Waals surface area contributed by atoms with E-state index in [1.807, 2.05) is 0 Å². The minimum atomic E-state index is -0.300. The van der Waals surface area contributed by atoms with Crippen LogP contribution in [0.15, 0.2) is 11.8 Å². The largest absolute Gasteiger partial charge is 0.501 e. The topological polar surface area (TPSA) is 35.5 Å². The summed E-state index contributed by atoms with van der Waals surface area (Å²) in [5.41, 5.74) is 0.607. The second kappa shape index (κ2) is 10.8. The van der Waals surface area contributed by atoms with Gasteiger partial charge in [0.2, 0.25) is 0 Å². The molecule has 0 bridgehead atoms. The van der Waals surface area contributed by atoms with Gasteiger partial charge in [-0.05, 0) is 25.7 Å². The first kappa shape index (κ1) is 15.3. The van der Waals surface area contributed by atoms with Crippen molar-refractivity contribution in [1.29, 1.82) is 0 Å². The van der Waals surface area contributed by atoms with E-state index in [0.717, 1.165) is 25.7 Å². The highest BCUT2D eigenvalue weighted by Gasteiger charge is 2.09. The van der Waals surface area contributed by atoms with Crippen LogP contribution in [-0.2, 0) is 14.3 Å². The lowest BCUT2D eigenvalue weighted by Gasteiger charge is -2.05. The first-order chi connectivity index (χ1) is 7.76. The Morgan fingerprint density at radius 2 is 2.06 bits per heavy atom. The van der Waals surface area contributed by atoms with Gasteiger partial charge in [-0.15, -0.1) is 11.6 Å². The molecule has 0 spiro atoms. The molecule has 0 N–H and O–H groups in total. The van der Waals surface area contributed by atoms with Crippen molar-refractivity contribution in [3.63, 3.8) is 0 Å². The Hall–Kier alpha value is -0.700. The molecule has 0 atom stereocenters. The fourth-order valence-electron chi connectivity index (χ4n) is 1.15. The predicted molar refractivity (Wildman–Crippen MR) is 65.5 cm³/mol. The van der Waals surface area contributed by atoms with E-state index in [9.17, 15) is 4.79 Å². The molecule has 0 amide bonds. The molecule has 0 radical (unpaired) electrons. The number of hydrogen-bond donors (Lipinski definition) is 0. The van der Waals surface area contributed by atoms with Crippen LogP contribution in [0.1, 0.15) is 39.0 Å². The molecule has 0 rings (SSSR count). The summed E-state index contributed by atoms with van der Waals surface area (Å²) >= 11 is 5.54. The number of esters is 1. The third-order valence-electron chi connectivity index (χ3n) is 2.12. The van der Waals surface area contributed by atoms with Gasteiger partial charge in [-0.2, -0.15) is 0 Å². The molecule has 0 saturated heterocycles. The smallest absolute Gasteiger partial charge is 0.336 e. The summed E-state index contributed by atoms with van der Waals surface area (Å²) in [6, 6.07) is 0. The molecule has 94 valence electrons. The van der Waals surface area contributed by atoms with Crippen LogP contribution in [0, 0.1) is 0 Å². The molecular formula is C12H21ClO3. The fourth-order valence-corrected chi connectivity index (χ4v) is 1.34. The molecule has 3 nitrogen and oxygen atoms in total. The molecule has 0 unspecified atom stereocenters. The van der Waals surface area contributed by atoms with E-state index >= 15 is 0 Å². The number of rotatable bonds is 9. The molecule has 0 aromatic carbocycles. The number of unbranched alkanes of at least 4 members (excludes halogenated alkanes) is 2. The van der Waals surface area contributed by atoms with E-state index in [1.165, 1.54) is 13.4 Å². The second-order valence-corrected chi connectivity index (χ2v) is 3.88. The molecule has 0 fully saturated rings. The van der Waals surface area contributed by atoms with Crippen molar-refractivity contribution in [1.82, 2.24) is 0 Å². The predicted octanol–water partition coefficient (Wildman–Crippen LogP) is 3.27. The molecule has 0 aliphatic rings. The summed E-state index contributed by atoms with van der Waals surface area (Å²) in [6.07, 6.45) is 6.07. The lowest BCUT2D eigenvalue weighted by molar-refractivity contribution is -0.136. The van der Waals surface area contributed by atoms with Crippen LogP contribution in [0.3, 0.4) is 0 Å². The fraction of sp³-hybridized carbons (Fsp3) is 0.750. The van der Waals surface area contributed by atoms with E-state index in [4.69, 9.17) is 16.3 Å². The average molecular weight is 249 g/mol. The molecule has 0 heterocycles. The Morgan fingerprint density at radius 3 is 2.62 bits per heavy atom.